The fourth-order valence-corrected chi connectivity index (χ4v) is 4.08. The van der Waals surface area contributed by atoms with E-state index in [2.05, 4.69) is 30.2 Å². The van der Waals surface area contributed by atoms with Crippen molar-refractivity contribution in [2.75, 3.05) is 24.5 Å². The Balaban J connectivity index is 1.10. The van der Waals surface area contributed by atoms with Crippen molar-refractivity contribution >= 4 is 17.6 Å². The van der Waals surface area contributed by atoms with Crippen molar-refractivity contribution in [1.82, 2.24) is 29.7 Å². The van der Waals surface area contributed by atoms with Crippen molar-refractivity contribution in [3.05, 3.63) is 48.8 Å². The van der Waals surface area contributed by atoms with Crippen molar-refractivity contribution in [2.45, 2.75) is 6.42 Å². The Morgan fingerprint density at radius 1 is 1.12 bits per heavy atom. The zero-order valence-electron chi connectivity index (χ0n) is 14.2. The third-order valence-corrected chi connectivity index (χ3v) is 5.48. The van der Waals surface area contributed by atoms with Gasteiger partial charge in [0.1, 0.15) is 0 Å². The van der Waals surface area contributed by atoms with Gasteiger partial charge in [-0.3, -0.25) is 9.20 Å². The van der Waals surface area contributed by atoms with Gasteiger partial charge in [-0.25, -0.2) is 19.9 Å². The van der Waals surface area contributed by atoms with Gasteiger partial charge in [-0.2, -0.15) is 0 Å². The van der Waals surface area contributed by atoms with E-state index < -0.39 is 0 Å². The van der Waals surface area contributed by atoms with E-state index in [-0.39, 0.29) is 5.91 Å². The number of rotatable bonds is 5. The molecule has 1 saturated carbocycles. The van der Waals surface area contributed by atoms with Gasteiger partial charge in [0.05, 0.1) is 5.56 Å². The number of anilines is 1. The smallest absolute Gasteiger partial charge is 0.254 e. The lowest BCUT2D eigenvalue weighted by molar-refractivity contribution is 0.0951. The molecule has 2 fully saturated rings. The first-order valence-electron chi connectivity index (χ1n) is 8.88. The number of aromatic nitrogens is 5. The molecule has 2 aliphatic rings. The molecule has 0 bridgehead atoms. The monoisotopic (exact) mass is 349 g/mol. The van der Waals surface area contributed by atoms with Crippen LogP contribution in [0.25, 0.3) is 5.78 Å². The molecule has 0 spiro atoms. The van der Waals surface area contributed by atoms with Crippen LogP contribution in [0.3, 0.4) is 0 Å². The van der Waals surface area contributed by atoms with E-state index in [1.54, 1.807) is 41.6 Å². The first-order valence-corrected chi connectivity index (χ1v) is 8.88. The number of piperidine rings is 1. The average molecular weight is 349 g/mol. The van der Waals surface area contributed by atoms with Crippen LogP contribution in [0.15, 0.2) is 43.2 Å². The SMILES string of the molecule is O=C(NCCC1[C@H]2CN(c3ncccn3)C[C@@H]12)c1cnc2nccn2c1. The fraction of sp³-hybridized carbons (Fsp3) is 0.389. The normalized spacial score (nSPS) is 23.8. The van der Waals surface area contributed by atoms with E-state index in [1.807, 2.05) is 6.07 Å². The quantitative estimate of drug-likeness (QED) is 0.740. The van der Waals surface area contributed by atoms with Crippen molar-refractivity contribution in [3.8, 4) is 0 Å². The van der Waals surface area contributed by atoms with Crippen molar-refractivity contribution in [2.24, 2.45) is 17.8 Å². The Morgan fingerprint density at radius 2 is 1.92 bits per heavy atom. The molecule has 1 saturated heterocycles. The lowest BCUT2D eigenvalue weighted by Crippen LogP contribution is -2.28. The number of carbonyl (C=O) groups is 1. The fourth-order valence-electron chi connectivity index (χ4n) is 4.08. The number of hydrogen-bond donors (Lipinski definition) is 1. The van der Waals surface area contributed by atoms with Crippen LogP contribution in [0.4, 0.5) is 5.95 Å². The van der Waals surface area contributed by atoms with Gasteiger partial charge in [0.2, 0.25) is 11.7 Å². The van der Waals surface area contributed by atoms with Crippen LogP contribution in [-0.2, 0) is 0 Å². The molecular formula is C18H19N7O. The van der Waals surface area contributed by atoms with Gasteiger partial charge in [-0.1, -0.05) is 0 Å². The second-order valence-electron chi connectivity index (χ2n) is 6.97. The van der Waals surface area contributed by atoms with Crippen molar-refractivity contribution < 1.29 is 4.79 Å². The van der Waals surface area contributed by atoms with Crippen LogP contribution in [0.1, 0.15) is 16.8 Å². The Labute approximate surface area is 150 Å². The number of amides is 1. The Morgan fingerprint density at radius 3 is 2.73 bits per heavy atom. The maximum Gasteiger partial charge on any atom is 0.254 e. The summed E-state index contributed by atoms with van der Waals surface area (Å²) >= 11 is 0. The van der Waals surface area contributed by atoms with E-state index in [9.17, 15) is 4.79 Å². The summed E-state index contributed by atoms with van der Waals surface area (Å²) < 4.78 is 1.75. The molecular weight excluding hydrogens is 330 g/mol. The van der Waals surface area contributed by atoms with E-state index in [1.165, 1.54) is 0 Å². The van der Waals surface area contributed by atoms with Gasteiger partial charge in [0, 0.05) is 56.8 Å². The minimum Gasteiger partial charge on any atom is -0.352 e. The summed E-state index contributed by atoms with van der Waals surface area (Å²) in [5.74, 6) is 3.45. The molecule has 0 radical (unpaired) electrons. The molecule has 1 aliphatic carbocycles. The number of nitrogens with zero attached hydrogens (tertiary/aromatic N) is 6. The highest BCUT2D eigenvalue weighted by molar-refractivity contribution is 5.93. The van der Waals surface area contributed by atoms with Crippen LogP contribution < -0.4 is 10.2 Å². The highest BCUT2D eigenvalue weighted by Crippen LogP contribution is 2.53. The number of imidazole rings is 1. The molecule has 4 heterocycles. The van der Waals surface area contributed by atoms with E-state index in [4.69, 9.17) is 0 Å². The third-order valence-electron chi connectivity index (χ3n) is 5.48. The van der Waals surface area contributed by atoms with E-state index in [0.29, 0.717) is 35.6 Å². The largest absolute Gasteiger partial charge is 0.352 e. The van der Waals surface area contributed by atoms with E-state index >= 15 is 0 Å². The van der Waals surface area contributed by atoms with Crippen molar-refractivity contribution in [3.63, 3.8) is 0 Å². The number of hydrogen-bond acceptors (Lipinski definition) is 6. The molecule has 3 aromatic rings. The molecule has 1 amide bonds. The number of nitrogens with one attached hydrogen (secondary N) is 1. The lowest BCUT2D eigenvalue weighted by Gasteiger charge is -2.19. The summed E-state index contributed by atoms with van der Waals surface area (Å²) in [4.78, 5) is 31.4. The topological polar surface area (TPSA) is 88.3 Å². The molecule has 3 aromatic heterocycles. The highest BCUT2D eigenvalue weighted by atomic mass is 16.1. The van der Waals surface area contributed by atoms with Crippen LogP contribution >= 0.6 is 0 Å². The van der Waals surface area contributed by atoms with Gasteiger partial charge in [0.25, 0.3) is 5.91 Å². The van der Waals surface area contributed by atoms with E-state index in [0.717, 1.165) is 25.5 Å². The minimum atomic E-state index is -0.0850. The van der Waals surface area contributed by atoms with Crippen LogP contribution in [0.2, 0.25) is 0 Å². The van der Waals surface area contributed by atoms with Crippen LogP contribution in [0.5, 0.6) is 0 Å². The molecule has 132 valence electrons. The summed E-state index contributed by atoms with van der Waals surface area (Å²) in [6, 6.07) is 1.84. The lowest BCUT2D eigenvalue weighted by atomic mass is 10.2. The summed E-state index contributed by atoms with van der Waals surface area (Å²) in [5, 5.41) is 3.01. The maximum atomic E-state index is 12.3. The second-order valence-corrected chi connectivity index (χ2v) is 6.97. The molecule has 1 unspecified atom stereocenters. The minimum absolute atomic E-state index is 0.0850. The number of fused-ring (bicyclic) bond motifs is 2. The zero-order chi connectivity index (χ0) is 17.5. The summed E-state index contributed by atoms with van der Waals surface area (Å²) in [6.07, 6.45) is 11.4. The first kappa shape index (κ1) is 15.2. The first-order chi connectivity index (χ1) is 12.8. The molecule has 8 heteroatoms. The van der Waals surface area contributed by atoms with Gasteiger partial charge in [-0.15, -0.1) is 0 Å². The molecule has 1 N–H and O–H groups in total. The Kier molecular flexibility index (Phi) is 3.55. The van der Waals surface area contributed by atoms with Crippen molar-refractivity contribution in [1.29, 1.82) is 0 Å². The van der Waals surface area contributed by atoms with Gasteiger partial charge >= 0.3 is 0 Å². The molecule has 8 nitrogen and oxygen atoms in total. The summed E-state index contributed by atoms with van der Waals surface area (Å²) in [5.41, 5.74) is 0.555. The average Bonchev–Trinajstić information content (AvgIpc) is 3.07. The van der Waals surface area contributed by atoms with Gasteiger partial charge in [-0.05, 0) is 30.2 Å². The van der Waals surface area contributed by atoms with Crippen LogP contribution in [0, 0.1) is 17.8 Å². The molecule has 1 aliphatic heterocycles. The highest BCUT2D eigenvalue weighted by Gasteiger charge is 2.55. The summed E-state index contributed by atoms with van der Waals surface area (Å²) in [7, 11) is 0. The second kappa shape index (κ2) is 6.05. The maximum absolute atomic E-state index is 12.3. The predicted molar refractivity (Wildman–Crippen MR) is 94.7 cm³/mol. The molecule has 3 atom stereocenters. The predicted octanol–water partition coefficient (Wildman–Crippen LogP) is 1.02. The van der Waals surface area contributed by atoms with Crippen LogP contribution in [-0.4, -0.2) is 49.9 Å². The Bertz CT molecular complexity index is 929. The Hall–Kier alpha value is -3.03. The number of carbonyl (C=O) groups excluding carboxylic acids is 1. The third kappa shape index (κ3) is 2.67. The van der Waals surface area contributed by atoms with Gasteiger partial charge < -0.3 is 10.2 Å². The zero-order valence-corrected chi connectivity index (χ0v) is 14.2. The molecule has 0 aromatic carbocycles. The standard InChI is InChI=1S/C18H19N7O/c26-16(12-8-23-18-22-6-7-24(18)9-12)19-5-2-13-14-10-25(11-15(13)14)17-20-3-1-4-21-17/h1,3-4,6-9,13-15H,2,5,10-11H2,(H,19,26)/t13?,14-,15+. The molecule has 5 rings (SSSR count). The summed E-state index contributed by atoms with van der Waals surface area (Å²) in [6.45, 7) is 2.74. The molecule has 26 heavy (non-hydrogen) atoms. The van der Waals surface area contributed by atoms with Gasteiger partial charge in [0.15, 0.2) is 0 Å².